The minimum Gasteiger partial charge on any atom is -0.466 e. The molecule has 3 aromatic rings. The maximum absolute atomic E-state index is 12.4. The maximum Gasteiger partial charge on any atom is 0.336 e. The molecular formula is C22H22N4O4. The van der Waals surface area contributed by atoms with Crippen molar-refractivity contribution in [2.75, 3.05) is 19.2 Å². The van der Waals surface area contributed by atoms with Crippen LogP contribution in [-0.4, -0.2) is 34.6 Å². The van der Waals surface area contributed by atoms with E-state index in [1.807, 2.05) is 42.5 Å². The van der Waals surface area contributed by atoms with Crippen LogP contribution in [0.4, 0.5) is 5.69 Å². The number of fused-ring (bicyclic) bond motifs is 1. The third-order valence-electron chi connectivity index (χ3n) is 5.51. The highest BCUT2D eigenvalue weighted by Crippen LogP contribution is 2.36. The summed E-state index contributed by atoms with van der Waals surface area (Å²) in [6, 6.07) is 13.4. The fourth-order valence-electron chi connectivity index (χ4n) is 3.90. The Bertz CT molecular complexity index is 1070. The highest BCUT2D eigenvalue weighted by Gasteiger charge is 2.23. The predicted molar refractivity (Wildman–Crippen MR) is 110 cm³/mol. The van der Waals surface area contributed by atoms with Gasteiger partial charge in [0.25, 0.3) is 0 Å². The minimum absolute atomic E-state index is 0.101. The average molecular weight is 406 g/mol. The Morgan fingerprint density at radius 3 is 2.63 bits per heavy atom. The van der Waals surface area contributed by atoms with E-state index in [9.17, 15) is 4.79 Å². The van der Waals surface area contributed by atoms with Gasteiger partial charge in [0.2, 0.25) is 12.7 Å². The number of rotatable bonds is 5. The number of carbonyl (C=O) groups is 1. The zero-order valence-electron chi connectivity index (χ0n) is 16.6. The van der Waals surface area contributed by atoms with Crippen LogP contribution in [0.5, 0.6) is 17.5 Å². The number of hydrogen-bond donors (Lipinski definition) is 1. The van der Waals surface area contributed by atoms with Gasteiger partial charge in [0.05, 0.1) is 12.8 Å². The molecule has 0 atom stereocenters. The van der Waals surface area contributed by atoms with Crippen molar-refractivity contribution in [3.8, 4) is 34.6 Å². The van der Waals surface area contributed by atoms with E-state index in [1.54, 1.807) is 4.68 Å². The summed E-state index contributed by atoms with van der Waals surface area (Å²) < 4.78 is 17.8. The number of hydrogen-bond acceptors (Lipinski definition) is 6. The van der Waals surface area contributed by atoms with Crippen LogP contribution in [0.1, 0.15) is 25.7 Å². The summed E-state index contributed by atoms with van der Waals surface area (Å²) in [5, 5.41) is 7.46. The summed E-state index contributed by atoms with van der Waals surface area (Å²) in [5.41, 5.74) is 2.40. The molecule has 2 aromatic carbocycles. The molecule has 0 radical (unpaired) electrons. The molecule has 1 saturated carbocycles. The quantitative estimate of drug-likeness (QED) is 0.693. The van der Waals surface area contributed by atoms with Crippen LogP contribution in [-0.2, 0) is 4.79 Å². The molecule has 1 aliphatic heterocycles. The largest absolute Gasteiger partial charge is 0.466 e. The monoisotopic (exact) mass is 406 g/mol. The zero-order valence-corrected chi connectivity index (χ0v) is 16.6. The Hall–Kier alpha value is -3.55. The van der Waals surface area contributed by atoms with Gasteiger partial charge in [-0.2, -0.15) is 4.98 Å². The molecule has 8 nitrogen and oxygen atoms in total. The minimum atomic E-state index is 0.101. The molecule has 1 aliphatic carbocycles. The van der Waals surface area contributed by atoms with E-state index >= 15 is 0 Å². The first-order valence-corrected chi connectivity index (χ1v) is 10.0. The molecule has 5 rings (SSSR count). The Morgan fingerprint density at radius 2 is 1.87 bits per heavy atom. The molecule has 0 bridgehead atoms. The molecular weight excluding hydrogens is 384 g/mol. The number of anilines is 1. The summed E-state index contributed by atoms with van der Waals surface area (Å²) in [4.78, 5) is 16.9. The predicted octanol–water partition coefficient (Wildman–Crippen LogP) is 3.80. The lowest BCUT2D eigenvalue weighted by Gasteiger charge is -2.11. The number of nitrogens with zero attached hydrogens (tertiary/aromatic N) is 3. The van der Waals surface area contributed by atoms with Gasteiger partial charge in [-0.3, -0.25) is 4.79 Å². The van der Waals surface area contributed by atoms with Crippen LogP contribution < -0.4 is 19.5 Å². The van der Waals surface area contributed by atoms with E-state index in [1.165, 1.54) is 7.11 Å². The highest BCUT2D eigenvalue weighted by atomic mass is 16.7. The van der Waals surface area contributed by atoms with Crippen molar-refractivity contribution in [1.82, 2.24) is 14.8 Å². The molecule has 1 amide bonds. The maximum atomic E-state index is 12.4. The molecule has 0 saturated heterocycles. The van der Waals surface area contributed by atoms with Gasteiger partial charge in [0.15, 0.2) is 17.3 Å². The SMILES string of the molecule is COc1nc(-c2ccc3c(c2)OCO3)n(-c2ccc(NC(=O)C3CCCC3)cc2)n1. The molecule has 1 fully saturated rings. The van der Waals surface area contributed by atoms with E-state index in [-0.39, 0.29) is 24.6 Å². The van der Waals surface area contributed by atoms with Crippen LogP contribution >= 0.6 is 0 Å². The van der Waals surface area contributed by atoms with Gasteiger partial charge in [-0.1, -0.05) is 12.8 Å². The number of aromatic nitrogens is 3. The number of ether oxygens (including phenoxy) is 3. The second-order valence-electron chi connectivity index (χ2n) is 7.42. The van der Waals surface area contributed by atoms with Crippen LogP contribution in [0.15, 0.2) is 42.5 Å². The molecule has 0 unspecified atom stereocenters. The van der Waals surface area contributed by atoms with Gasteiger partial charge in [-0.25, -0.2) is 4.68 Å². The van der Waals surface area contributed by atoms with Crippen molar-refractivity contribution in [2.45, 2.75) is 25.7 Å². The molecule has 1 N–H and O–H groups in total. The van der Waals surface area contributed by atoms with Crippen LogP contribution in [0.25, 0.3) is 17.1 Å². The smallest absolute Gasteiger partial charge is 0.336 e. The Morgan fingerprint density at radius 1 is 1.10 bits per heavy atom. The zero-order chi connectivity index (χ0) is 20.5. The van der Waals surface area contributed by atoms with E-state index in [2.05, 4.69) is 15.4 Å². The highest BCUT2D eigenvalue weighted by molar-refractivity contribution is 5.92. The second-order valence-corrected chi connectivity index (χ2v) is 7.42. The molecule has 2 heterocycles. The number of methoxy groups -OCH3 is 1. The first kappa shape index (κ1) is 18.5. The number of benzene rings is 2. The first-order valence-electron chi connectivity index (χ1n) is 10.0. The van der Waals surface area contributed by atoms with Crippen LogP contribution in [0, 0.1) is 5.92 Å². The Balaban J connectivity index is 1.42. The van der Waals surface area contributed by atoms with Crippen molar-refractivity contribution >= 4 is 11.6 Å². The number of nitrogens with one attached hydrogen (secondary N) is 1. The molecule has 1 aromatic heterocycles. The first-order chi connectivity index (χ1) is 14.7. The van der Waals surface area contributed by atoms with Gasteiger partial charge in [0.1, 0.15) is 0 Å². The van der Waals surface area contributed by atoms with E-state index < -0.39 is 0 Å². The number of carbonyl (C=O) groups excluding carboxylic acids is 1. The van der Waals surface area contributed by atoms with E-state index in [0.717, 1.165) is 42.6 Å². The Kier molecular flexibility index (Phi) is 4.74. The summed E-state index contributed by atoms with van der Waals surface area (Å²) in [6.07, 6.45) is 4.21. The average Bonchev–Trinajstić information content (AvgIpc) is 3.54. The fourth-order valence-corrected chi connectivity index (χ4v) is 3.90. The standard InChI is InChI=1S/C22H22N4O4/c1-28-22-24-20(15-6-11-18-19(12-15)30-13-29-18)26(25-22)17-9-7-16(8-10-17)23-21(27)14-4-2-3-5-14/h6-12,14H,2-5,13H2,1H3,(H,23,27). The van der Waals surface area contributed by atoms with Crippen LogP contribution in [0.3, 0.4) is 0 Å². The molecule has 2 aliphatic rings. The summed E-state index contributed by atoms with van der Waals surface area (Å²) in [5.74, 6) is 2.23. The van der Waals surface area contributed by atoms with Crippen molar-refractivity contribution < 1.29 is 19.0 Å². The summed E-state index contributed by atoms with van der Waals surface area (Å²) in [6.45, 7) is 0.211. The van der Waals surface area contributed by atoms with Gasteiger partial charge >= 0.3 is 6.01 Å². The third kappa shape index (κ3) is 3.45. The van der Waals surface area contributed by atoms with Crippen molar-refractivity contribution in [1.29, 1.82) is 0 Å². The van der Waals surface area contributed by atoms with Gasteiger partial charge in [-0.05, 0) is 55.3 Å². The number of amides is 1. The third-order valence-corrected chi connectivity index (χ3v) is 5.51. The summed E-state index contributed by atoms with van der Waals surface area (Å²) in [7, 11) is 1.53. The Labute approximate surface area is 173 Å². The van der Waals surface area contributed by atoms with Gasteiger partial charge in [0, 0.05) is 17.2 Å². The topological polar surface area (TPSA) is 87.5 Å². The lowest BCUT2D eigenvalue weighted by Crippen LogP contribution is -2.20. The van der Waals surface area contributed by atoms with Crippen molar-refractivity contribution in [3.63, 3.8) is 0 Å². The normalized spacial score (nSPS) is 15.4. The molecule has 30 heavy (non-hydrogen) atoms. The van der Waals surface area contributed by atoms with Gasteiger partial charge < -0.3 is 19.5 Å². The molecule has 8 heteroatoms. The molecule has 154 valence electrons. The van der Waals surface area contributed by atoms with E-state index in [4.69, 9.17) is 14.2 Å². The van der Waals surface area contributed by atoms with Crippen LogP contribution in [0.2, 0.25) is 0 Å². The van der Waals surface area contributed by atoms with Gasteiger partial charge in [-0.15, -0.1) is 5.10 Å². The lowest BCUT2D eigenvalue weighted by molar-refractivity contribution is -0.119. The molecule has 0 spiro atoms. The lowest BCUT2D eigenvalue weighted by atomic mass is 10.1. The second kappa shape index (κ2) is 7.70. The van der Waals surface area contributed by atoms with Crippen molar-refractivity contribution in [2.24, 2.45) is 5.92 Å². The van der Waals surface area contributed by atoms with Crippen molar-refractivity contribution in [3.05, 3.63) is 42.5 Å². The fraction of sp³-hybridized carbons (Fsp3) is 0.318. The van der Waals surface area contributed by atoms with E-state index in [0.29, 0.717) is 17.3 Å². The summed E-state index contributed by atoms with van der Waals surface area (Å²) >= 11 is 0.